The average molecular weight is 296 g/mol. The molecule has 1 heterocycles. The molecule has 114 valence electrons. The molecule has 0 aliphatic rings. The number of fused-ring (bicyclic) bond motifs is 1. The minimum Gasteiger partial charge on any atom is -0.457 e. The molecule has 3 aromatic rings. The van der Waals surface area contributed by atoms with Crippen LogP contribution in [0.2, 0.25) is 0 Å². The van der Waals surface area contributed by atoms with Crippen LogP contribution in [-0.2, 0) is 6.54 Å². The lowest BCUT2D eigenvalue weighted by Gasteiger charge is -2.18. The van der Waals surface area contributed by atoms with Crippen molar-refractivity contribution >= 4 is 11.0 Å². The molecule has 0 radical (unpaired) electrons. The van der Waals surface area contributed by atoms with Gasteiger partial charge in [0, 0.05) is 6.07 Å². The maximum Gasteiger partial charge on any atom is 0.129 e. The summed E-state index contributed by atoms with van der Waals surface area (Å²) >= 11 is 0. The van der Waals surface area contributed by atoms with Crippen LogP contribution < -0.4 is 4.74 Å². The number of aromatic nitrogens is 2. The molecule has 0 unspecified atom stereocenters. The molecule has 0 atom stereocenters. The molecule has 0 saturated heterocycles. The summed E-state index contributed by atoms with van der Waals surface area (Å²) in [6, 6.07) is 13.7. The van der Waals surface area contributed by atoms with E-state index in [1.54, 1.807) is 20.2 Å². The summed E-state index contributed by atoms with van der Waals surface area (Å²) in [5.74, 6) is 1.56. The summed E-state index contributed by atoms with van der Waals surface area (Å²) in [4.78, 5) is 4.36. The van der Waals surface area contributed by atoms with Crippen LogP contribution in [0.15, 0.2) is 48.8 Å². The Kier molecular flexibility index (Phi) is 3.62. The van der Waals surface area contributed by atoms with Crippen molar-refractivity contribution in [2.24, 2.45) is 0 Å². The number of benzene rings is 2. The Morgan fingerprint density at radius 2 is 1.77 bits per heavy atom. The topological polar surface area (TPSA) is 47.3 Å². The highest BCUT2D eigenvalue weighted by Crippen LogP contribution is 2.26. The van der Waals surface area contributed by atoms with Gasteiger partial charge in [-0.1, -0.05) is 17.7 Å². The van der Waals surface area contributed by atoms with Crippen LogP contribution in [0.5, 0.6) is 11.5 Å². The summed E-state index contributed by atoms with van der Waals surface area (Å²) < 4.78 is 7.83. The highest BCUT2D eigenvalue weighted by atomic mass is 16.5. The Hall–Kier alpha value is -2.33. The fraction of sp³-hybridized carbons (Fsp3) is 0.278. The summed E-state index contributed by atoms with van der Waals surface area (Å²) in [7, 11) is 0. The van der Waals surface area contributed by atoms with E-state index in [9.17, 15) is 5.11 Å². The number of hydrogen-bond donors (Lipinski definition) is 1. The predicted molar refractivity (Wildman–Crippen MR) is 87.3 cm³/mol. The predicted octanol–water partition coefficient (Wildman–Crippen LogP) is 3.91. The van der Waals surface area contributed by atoms with E-state index in [0.717, 1.165) is 22.5 Å². The molecule has 1 aromatic heterocycles. The smallest absolute Gasteiger partial charge is 0.129 e. The number of ether oxygens (including phenoxy) is 1. The van der Waals surface area contributed by atoms with E-state index in [4.69, 9.17) is 4.74 Å². The first-order valence-electron chi connectivity index (χ1n) is 7.32. The molecule has 0 aliphatic heterocycles. The van der Waals surface area contributed by atoms with E-state index >= 15 is 0 Å². The average Bonchev–Trinajstić information content (AvgIpc) is 2.82. The summed E-state index contributed by atoms with van der Waals surface area (Å²) in [5.41, 5.74) is 2.25. The zero-order chi connectivity index (χ0) is 15.7. The quantitative estimate of drug-likeness (QED) is 0.794. The van der Waals surface area contributed by atoms with Gasteiger partial charge in [0.15, 0.2) is 0 Å². The van der Waals surface area contributed by atoms with Gasteiger partial charge in [-0.25, -0.2) is 4.98 Å². The largest absolute Gasteiger partial charge is 0.457 e. The van der Waals surface area contributed by atoms with Crippen molar-refractivity contribution in [1.29, 1.82) is 0 Å². The second kappa shape index (κ2) is 5.46. The van der Waals surface area contributed by atoms with Crippen LogP contribution in [0.3, 0.4) is 0 Å². The van der Waals surface area contributed by atoms with Crippen molar-refractivity contribution in [3.63, 3.8) is 0 Å². The molecule has 22 heavy (non-hydrogen) atoms. The third-order valence-electron chi connectivity index (χ3n) is 3.41. The van der Waals surface area contributed by atoms with Crippen molar-refractivity contribution in [2.75, 3.05) is 0 Å². The highest BCUT2D eigenvalue weighted by Gasteiger charge is 2.15. The van der Waals surface area contributed by atoms with E-state index in [-0.39, 0.29) is 0 Å². The third-order valence-corrected chi connectivity index (χ3v) is 3.41. The zero-order valence-corrected chi connectivity index (χ0v) is 13.1. The van der Waals surface area contributed by atoms with Crippen LogP contribution in [-0.4, -0.2) is 20.3 Å². The van der Waals surface area contributed by atoms with Gasteiger partial charge in [0.1, 0.15) is 11.5 Å². The fourth-order valence-electron chi connectivity index (χ4n) is 2.39. The Morgan fingerprint density at radius 3 is 2.45 bits per heavy atom. The number of rotatable bonds is 4. The maximum absolute atomic E-state index is 10.00. The Bertz CT molecular complexity index is 783. The minimum atomic E-state index is -0.790. The normalized spacial score (nSPS) is 11.8. The molecule has 0 spiro atoms. The van der Waals surface area contributed by atoms with Gasteiger partial charge in [-0.05, 0) is 45.0 Å². The van der Waals surface area contributed by atoms with E-state index in [0.29, 0.717) is 6.54 Å². The molecule has 0 amide bonds. The summed E-state index contributed by atoms with van der Waals surface area (Å²) in [6.45, 7) is 6.10. The number of aryl methyl sites for hydroxylation is 1. The molecule has 0 aliphatic carbocycles. The Balaban J connectivity index is 1.91. The zero-order valence-electron chi connectivity index (χ0n) is 13.1. The summed E-state index contributed by atoms with van der Waals surface area (Å²) in [5, 5.41) is 10.00. The lowest BCUT2D eigenvalue weighted by atomic mass is 10.1. The van der Waals surface area contributed by atoms with Crippen molar-refractivity contribution in [2.45, 2.75) is 32.9 Å². The van der Waals surface area contributed by atoms with Crippen molar-refractivity contribution in [3.05, 3.63) is 54.4 Å². The van der Waals surface area contributed by atoms with E-state index < -0.39 is 5.60 Å². The summed E-state index contributed by atoms with van der Waals surface area (Å²) in [6.07, 6.45) is 1.75. The molecule has 1 N–H and O–H groups in total. The molecular weight excluding hydrogens is 276 g/mol. The fourth-order valence-corrected chi connectivity index (χ4v) is 2.39. The highest BCUT2D eigenvalue weighted by molar-refractivity contribution is 5.77. The van der Waals surface area contributed by atoms with Crippen molar-refractivity contribution in [1.82, 2.24) is 9.55 Å². The lowest BCUT2D eigenvalue weighted by Crippen LogP contribution is -2.25. The molecule has 0 bridgehead atoms. The SMILES string of the molecule is Cc1ccc(Oc2ccc3ncn(CC(C)(C)O)c3c2)cc1. The van der Waals surface area contributed by atoms with E-state index in [1.165, 1.54) is 5.56 Å². The molecule has 0 saturated carbocycles. The first-order chi connectivity index (χ1) is 10.4. The molecular formula is C18H20N2O2. The second-order valence-corrected chi connectivity index (χ2v) is 6.25. The van der Waals surface area contributed by atoms with Gasteiger partial charge in [0.2, 0.25) is 0 Å². The monoisotopic (exact) mass is 296 g/mol. The van der Waals surface area contributed by atoms with E-state index in [1.807, 2.05) is 54.0 Å². The number of hydrogen-bond acceptors (Lipinski definition) is 3. The maximum atomic E-state index is 10.00. The van der Waals surface area contributed by atoms with Gasteiger partial charge >= 0.3 is 0 Å². The van der Waals surface area contributed by atoms with Gasteiger partial charge < -0.3 is 14.4 Å². The standard InChI is InChI=1S/C18H20N2O2/c1-13-4-6-14(7-5-13)22-15-8-9-16-17(10-15)20(12-19-16)11-18(2,3)21/h4-10,12,21H,11H2,1-3H3. The lowest BCUT2D eigenvalue weighted by molar-refractivity contribution is 0.0626. The van der Waals surface area contributed by atoms with Crippen LogP contribution in [0.4, 0.5) is 0 Å². The first-order valence-corrected chi connectivity index (χ1v) is 7.32. The molecule has 4 nitrogen and oxygen atoms in total. The molecule has 2 aromatic carbocycles. The van der Waals surface area contributed by atoms with Crippen molar-refractivity contribution < 1.29 is 9.84 Å². The van der Waals surface area contributed by atoms with Gasteiger partial charge in [-0.15, -0.1) is 0 Å². The van der Waals surface area contributed by atoms with Crippen LogP contribution in [0.1, 0.15) is 19.4 Å². The van der Waals surface area contributed by atoms with E-state index in [2.05, 4.69) is 4.98 Å². The van der Waals surface area contributed by atoms with Crippen LogP contribution in [0, 0.1) is 6.92 Å². The number of aliphatic hydroxyl groups is 1. The molecule has 3 rings (SSSR count). The molecule has 0 fully saturated rings. The second-order valence-electron chi connectivity index (χ2n) is 6.25. The minimum absolute atomic E-state index is 0.484. The first kappa shape index (κ1) is 14.6. The Morgan fingerprint density at radius 1 is 1.09 bits per heavy atom. The van der Waals surface area contributed by atoms with Gasteiger partial charge in [0.05, 0.1) is 29.5 Å². The number of nitrogens with zero attached hydrogens (tertiary/aromatic N) is 2. The van der Waals surface area contributed by atoms with Crippen LogP contribution >= 0.6 is 0 Å². The van der Waals surface area contributed by atoms with Gasteiger partial charge in [0.25, 0.3) is 0 Å². The van der Waals surface area contributed by atoms with Crippen LogP contribution in [0.25, 0.3) is 11.0 Å². The number of imidazole rings is 1. The Labute approximate surface area is 130 Å². The van der Waals surface area contributed by atoms with Gasteiger partial charge in [-0.3, -0.25) is 0 Å². The van der Waals surface area contributed by atoms with Gasteiger partial charge in [-0.2, -0.15) is 0 Å². The molecule has 4 heteroatoms. The van der Waals surface area contributed by atoms with Crippen molar-refractivity contribution in [3.8, 4) is 11.5 Å². The third kappa shape index (κ3) is 3.28.